The predicted octanol–water partition coefficient (Wildman–Crippen LogP) is 1.08. The zero-order chi connectivity index (χ0) is 13.3. The second-order valence-electron chi connectivity index (χ2n) is 5.11. The minimum absolute atomic E-state index is 0.110. The van der Waals surface area contributed by atoms with Crippen LogP contribution in [0.2, 0.25) is 0 Å². The van der Waals surface area contributed by atoms with Gasteiger partial charge in [0.2, 0.25) is 5.13 Å². The van der Waals surface area contributed by atoms with E-state index >= 15 is 0 Å². The van der Waals surface area contributed by atoms with E-state index in [-0.39, 0.29) is 12.0 Å². The van der Waals surface area contributed by atoms with Gasteiger partial charge < -0.3 is 15.5 Å². The normalized spacial score (nSPS) is 15.4. The summed E-state index contributed by atoms with van der Waals surface area (Å²) in [6.07, 6.45) is 0. The Balaban J connectivity index is 2.66. The first-order chi connectivity index (χ1) is 7.63. The van der Waals surface area contributed by atoms with Crippen molar-refractivity contribution in [2.45, 2.75) is 38.7 Å². The number of carbonyl (C=O) groups is 1. The number of carboxylic acid groups (broad SMARTS) is 1. The van der Waals surface area contributed by atoms with Crippen molar-refractivity contribution in [1.82, 2.24) is 9.36 Å². The highest BCUT2D eigenvalue weighted by atomic mass is 32.1. The molecule has 0 aliphatic rings. The lowest BCUT2D eigenvalue weighted by Gasteiger charge is -2.17. The van der Waals surface area contributed by atoms with Crippen molar-refractivity contribution >= 4 is 22.6 Å². The lowest BCUT2D eigenvalue weighted by molar-refractivity contribution is -0.155. The van der Waals surface area contributed by atoms with Crippen LogP contribution in [-0.2, 0) is 10.2 Å². The molecular weight excluding hydrogens is 242 g/mol. The lowest BCUT2D eigenvalue weighted by Crippen LogP contribution is -2.41. The molecule has 0 aliphatic heterocycles. The summed E-state index contributed by atoms with van der Waals surface area (Å²) in [6.45, 7) is 7.10. The molecule has 1 aromatic heterocycles. The molecule has 1 aromatic rings. The number of rotatable bonds is 4. The number of nitrogens with zero attached hydrogens (tertiary/aromatic N) is 2. The third-order valence-electron chi connectivity index (χ3n) is 2.14. The number of nitrogens with one attached hydrogen (secondary N) is 1. The fourth-order valence-corrected chi connectivity index (χ4v) is 1.67. The predicted molar refractivity (Wildman–Crippen MR) is 65.4 cm³/mol. The van der Waals surface area contributed by atoms with Crippen LogP contribution in [0, 0.1) is 0 Å². The van der Waals surface area contributed by atoms with Crippen molar-refractivity contribution in [1.29, 1.82) is 0 Å². The Labute approximate surface area is 104 Å². The fourth-order valence-electron chi connectivity index (χ4n) is 0.923. The first kappa shape index (κ1) is 13.9. The Hall–Kier alpha value is -1.21. The quantitative estimate of drug-likeness (QED) is 0.749. The van der Waals surface area contributed by atoms with Crippen molar-refractivity contribution in [3.8, 4) is 0 Å². The Morgan fingerprint density at radius 2 is 2.00 bits per heavy atom. The molecular formula is C10H17N3O3S. The zero-order valence-corrected chi connectivity index (χ0v) is 11.1. The van der Waals surface area contributed by atoms with E-state index in [2.05, 4.69) is 14.7 Å². The first-order valence-corrected chi connectivity index (χ1v) is 5.94. The smallest absolute Gasteiger partial charge is 0.337 e. The second kappa shape index (κ2) is 4.58. The van der Waals surface area contributed by atoms with E-state index < -0.39 is 11.6 Å². The van der Waals surface area contributed by atoms with Crippen LogP contribution in [0.15, 0.2) is 0 Å². The van der Waals surface area contributed by atoms with Crippen LogP contribution in [-0.4, -0.2) is 37.7 Å². The SMILES string of the molecule is CC(O)(CNc1nc(C(C)(C)C)ns1)C(=O)O. The maximum Gasteiger partial charge on any atom is 0.337 e. The van der Waals surface area contributed by atoms with Gasteiger partial charge in [0.15, 0.2) is 5.60 Å². The summed E-state index contributed by atoms with van der Waals surface area (Å²) in [5, 5.41) is 21.5. The van der Waals surface area contributed by atoms with E-state index in [0.29, 0.717) is 11.0 Å². The molecule has 3 N–H and O–H groups in total. The van der Waals surface area contributed by atoms with Crippen molar-refractivity contribution < 1.29 is 15.0 Å². The number of carboxylic acids is 1. The van der Waals surface area contributed by atoms with Crippen LogP contribution in [0.1, 0.15) is 33.5 Å². The Morgan fingerprint density at radius 1 is 1.41 bits per heavy atom. The summed E-state index contributed by atoms with van der Waals surface area (Å²) in [5.41, 5.74) is -1.96. The summed E-state index contributed by atoms with van der Waals surface area (Å²) in [5.74, 6) is -0.578. The van der Waals surface area contributed by atoms with Gasteiger partial charge in [-0.05, 0) is 6.92 Å². The summed E-state index contributed by atoms with van der Waals surface area (Å²) in [6, 6.07) is 0. The Morgan fingerprint density at radius 3 is 2.41 bits per heavy atom. The van der Waals surface area contributed by atoms with Gasteiger partial charge in [-0.3, -0.25) is 0 Å². The fraction of sp³-hybridized carbons (Fsp3) is 0.700. The molecule has 0 saturated heterocycles. The van der Waals surface area contributed by atoms with E-state index in [4.69, 9.17) is 5.11 Å². The van der Waals surface area contributed by atoms with Crippen LogP contribution in [0.25, 0.3) is 0 Å². The monoisotopic (exact) mass is 259 g/mol. The van der Waals surface area contributed by atoms with Crippen LogP contribution in [0.3, 0.4) is 0 Å². The number of aliphatic hydroxyl groups is 1. The number of aliphatic carboxylic acids is 1. The average molecular weight is 259 g/mol. The zero-order valence-electron chi connectivity index (χ0n) is 10.3. The highest BCUT2D eigenvalue weighted by Crippen LogP contribution is 2.23. The number of anilines is 1. The minimum atomic E-state index is -1.81. The maximum absolute atomic E-state index is 10.7. The molecule has 0 amide bonds. The molecule has 0 aliphatic carbocycles. The molecule has 7 heteroatoms. The molecule has 1 atom stereocenters. The van der Waals surface area contributed by atoms with Crippen molar-refractivity contribution in [2.75, 3.05) is 11.9 Å². The third kappa shape index (κ3) is 3.64. The van der Waals surface area contributed by atoms with Gasteiger partial charge in [-0.15, -0.1) is 0 Å². The van der Waals surface area contributed by atoms with Gasteiger partial charge in [0.1, 0.15) is 5.82 Å². The number of hydrogen-bond donors (Lipinski definition) is 3. The molecule has 96 valence electrons. The Bertz CT molecular complexity index is 409. The molecule has 0 bridgehead atoms. The van der Waals surface area contributed by atoms with Crippen LogP contribution >= 0.6 is 11.5 Å². The van der Waals surface area contributed by atoms with E-state index in [1.165, 1.54) is 6.92 Å². The van der Waals surface area contributed by atoms with Gasteiger partial charge in [0.25, 0.3) is 0 Å². The standard InChI is InChI=1S/C10H17N3O3S/c1-9(2,3)6-12-8(17-13-6)11-5-10(4,16)7(14)15/h16H,5H2,1-4H3,(H,14,15)(H,11,12,13). The minimum Gasteiger partial charge on any atom is -0.479 e. The van der Waals surface area contributed by atoms with Crippen LogP contribution in [0.4, 0.5) is 5.13 Å². The summed E-state index contributed by atoms with van der Waals surface area (Å²) < 4.78 is 4.17. The molecule has 0 fully saturated rings. The largest absolute Gasteiger partial charge is 0.479 e. The molecule has 17 heavy (non-hydrogen) atoms. The van der Waals surface area contributed by atoms with Gasteiger partial charge in [-0.1, -0.05) is 20.8 Å². The summed E-state index contributed by atoms with van der Waals surface area (Å²) in [4.78, 5) is 14.9. The molecule has 0 saturated carbocycles. The molecule has 1 unspecified atom stereocenters. The van der Waals surface area contributed by atoms with E-state index in [1.54, 1.807) is 0 Å². The van der Waals surface area contributed by atoms with Crippen molar-refractivity contribution in [3.63, 3.8) is 0 Å². The lowest BCUT2D eigenvalue weighted by atomic mass is 9.96. The van der Waals surface area contributed by atoms with E-state index in [9.17, 15) is 9.90 Å². The maximum atomic E-state index is 10.7. The van der Waals surface area contributed by atoms with Gasteiger partial charge in [0, 0.05) is 16.9 Å². The topological polar surface area (TPSA) is 95.3 Å². The van der Waals surface area contributed by atoms with Gasteiger partial charge in [-0.2, -0.15) is 4.37 Å². The van der Waals surface area contributed by atoms with Gasteiger partial charge in [-0.25, -0.2) is 9.78 Å². The number of aromatic nitrogens is 2. The van der Waals surface area contributed by atoms with Gasteiger partial charge in [0.05, 0.1) is 6.54 Å². The van der Waals surface area contributed by atoms with Crippen LogP contribution < -0.4 is 5.32 Å². The summed E-state index contributed by atoms with van der Waals surface area (Å²) >= 11 is 1.15. The van der Waals surface area contributed by atoms with Crippen LogP contribution in [0.5, 0.6) is 0 Å². The second-order valence-corrected chi connectivity index (χ2v) is 5.86. The average Bonchev–Trinajstić information content (AvgIpc) is 2.62. The first-order valence-electron chi connectivity index (χ1n) is 5.17. The highest BCUT2D eigenvalue weighted by molar-refractivity contribution is 7.09. The van der Waals surface area contributed by atoms with Gasteiger partial charge >= 0.3 is 5.97 Å². The molecule has 0 radical (unpaired) electrons. The molecule has 1 rings (SSSR count). The van der Waals surface area contributed by atoms with Crippen molar-refractivity contribution in [3.05, 3.63) is 5.82 Å². The third-order valence-corrected chi connectivity index (χ3v) is 2.81. The Kier molecular flexibility index (Phi) is 3.73. The number of hydrogen-bond acceptors (Lipinski definition) is 6. The molecule has 6 nitrogen and oxygen atoms in total. The van der Waals surface area contributed by atoms with Crippen molar-refractivity contribution in [2.24, 2.45) is 0 Å². The van der Waals surface area contributed by atoms with E-state index in [0.717, 1.165) is 11.5 Å². The molecule has 0 aromatic carbocycles. The highest BCUT2D eigenvalue weighted by Gasteiger charge is 2.30. The van der Waals surface area contributed by atoms with E-state index in [1.807, 2.05) is 20.8 Å². The summed E-state index contributed by atoms with van der Waals surface area (Å²) in [7, 11) is 0. The molecule has 0 spiro atoms. The molecule has 1 heterocycles.